The van der Waals surface area contributed by atoms with Crippen LogP contribution in [0.5, 0.6) is 0 Å². The van der Waals surface area contributed by atoms with E-state index in [1.165, 1.54) is 12.8 Å². The van der Waals surface area contributed by atoms with E-state index in [0.717, 1.165) is 37.8 Å². The van der Waals surface area contributed by atoms with E-state index in [0.29, 0.717) is 12.0 Å². The monoisotopic (exact) mass is 277 g/mol. The highest BCUT2D eigenvalue weighted by Crippen LogP contribution is 2.22. The van der Waals surface area contributed by atoms with Gasteiger partial charge in [-0.25, -0.2) is 4.98 Å². The van der Waals surface area contributed by atoms with Crippen LogP contribution in [0.1, 0.15) is 32.4 Å². The second-order valence-corrected chi connectivity index (χ2v) is 5.93. The van der Waals surface area contributed by atoms with Crippen molar-refractivity contribution in [3.63, 3.8) is 0 Å². The number of ether oxygens (including phenoxy) is 1. The minimum Gasteiger partial charge on any atom is -0.384 e. The van der Waals surface area contributed by atoms with E-state index >= 15 is 0 Å². The first-order valence-electron chi connectivity index (χ1n) is 7.62. The van der Waals surface area contributed by atoms with Gasteiger partial charge in [0.25, 0.3) is 0 Å². The number of methoxy groups -OCH3 is 1. The van der Waals surface area contributed by atoms with Gasteiger partial charge in [0.15, 0.2) is 0 Å². The summed E-state index contributed by atoms with van der Waals surface area (Å²) in [5, 5.41) is 3.42. The molecule has 1 fully saturated rings. The predicted octanol–water partition coefficient (Wildman–Crippen LogP) is 2.44. The summed E-state index contributed by atoms with van der Waals surface area (Å²) in [6, 6.07) is 6.81. The summed E-state index contributed by atoms with van der Waals surface area (Å²) in [4.78, 5) is 7.18. The van der Waals surface area contributed by atoms with Gasteiger partial charge in [0.05, 0.1) is 12.3 Å². The molecular formula is C16H27N3O. The van der Waals surface area contributed by atoms with Crippen LogP contribution in [0.3, 0.4) is 0 Å². The second kappa shape index (κ2) is 7.60. The zero-order valence-electron chi connectivity index (χ0n) is 12.9. The topological polar surface area (TPSA) is 37.4 Å². The van der Waals surface area contributed by atoms with Crippen molar-refractivity contribution in [3.8, 4) is 0 Å². The molecule has 4 nitrogen and oxygen atoms in total. The summed E-state index contributed by atoms with van der Waals surface area (Å²) >= 11 is 0. The largest absolute Gasteiger partial charge is 0.384 e. The molecule has 4 heteroatoms. The highest BCUT2D eigenvalue weighted by Gasteiger charge is 2.20. The summed E-state index contributed by atoms with van der Waals surface area (Å²) in [6.45, 7) is 8.16. The average molecular weight is 277 g/mol. The molecule has 2 heterocycles. The molecule has 1 aromatic heterocycles. The van der Waals surface area contributed by atoms with Gasteiger partial charge in [-0.05, 0) is 30.9 Å². The van der Waals surface area contributed by atoms with Crippen LogP contribution in [0.15, 0.2) is 18.2 Å². The van der Waals surface area contributed by atoms with Crippen molar-refractivity contribution in [1.29, 1.82) is 0 Å². The molecule has 0 amide bonds. The number of pyridine rings is 1. The Labute approximate surface area is 122 Å². The maximum absolute atomic E-state index is 5.30. The molecule has 0 aromatic carbocycles. The Bertz CT molecular complexity index is 406. The zero-order chi connectivity index (χ0) is 14.4. The number of hydrogen-bond acceptors (Lipinski definition) is 4. The van der Waals surface area contributed by atoms with Gasteiger partial charge >= 0.3 is 0 Å². The fraction of sp³-hybridized carbons (Fsp3) is 0.688. The summed E-state index contributed by atoms with van der Waals surface area (Å²) < 4.78 is 5.30. The molecule has 1 aliphatic rings. The van der Waals surface area contributed by atoms with Crippen molar-refractivity contribution in [1.82, 2.24) is 10.3 Å². The maximum atomic E-state index is 5.30. The molecular weight excluding hydrogens is 250 g/mol. The molecule has 20 heavy (non-hydrogen) atoms. The van der Waals surface area contributed by atoms with Gasteiger partial charge < -0.3 is 15.0 Å². The standard InChI is InChI=1S/C16H27N3O/c1-13(2)17-10-15-7-4-8-16(18-15)19-9-5-6-14(11-19)12-20-3/h4,7-8,13-14,17H,5-6,9-12H2,1-3H3. The summed E-state index contributed by atoms with van der Waals surface area (Å²) in [7, 11) is 1.79. The van der Waals surface area contributed by atoms with Crippen molar-refractivity contribution in [2.45, 2.75) is 39.3 Å². The van der Waals surface area contributed by atoms with Gasteiger partial charge in [-0.3, -0.25) is 0 Å². The molecule has 1 aromatic rings. The van der Waals surface area contributed by atoms with Crippen LogP contribution in [-0.2, 0) is 11.3 Å². The normalized spacial score (nSPS) is 19.6. The fourth-order valence-corrected chi connectivity index (χ4v) is 2.70. The molecule has 0 radical (unpaired) electrons. The van der Waals surface area contributed by atoms with Gasteiger partial charge in [0.2, 0.25) is 0 Å². The molecule has 2 rings (SSSR count). The van der Waals surface area contributed by atoms with Crippen molar-refractivity contribution in [2.75, 3.05) is 31.7 Å². The van der Waals surface area contributed by atoms with E-state index in [1.807, 2.05) is 0 Å². The number of anilines is 1. The summed E-state index contributed by atoms with van der Waals surface area (Å²) in [5.74, 6) is 1.74. The molecule has 1 unspecified atom stereocenters. The number of hydrogen-bond donors (Lipinski definition) is 1. The van der Waals surface area contributed by atoms with E-state index in [-0.39, 0.29) is 0 Å². The minimum atomic E-state index is 0.488. The minimum absolute atomic E-state index is 0.488. The highest BCUT2D eigenvalue weighted by atomic mass is 16.5. The average Bonchev–Trinajstić information content (AvgIpc) is 2.46. The van der Waals surface area contributed by atoms with Gasteiger partial charge in [-0.15, -0.1) is 0 Å². The lowest BCUT2D eigenvalue weighted by atomic mass is 9.99. The third-order valence-corrected chi connectivity index (χ3v) is 3.73. The number of piperidine rings is 1. The Morgan fingerprint density at radius 1 is 1.45 bits per heavy atom. The van der Waals surface area contributed by atoms with Crippen LogP contribution in [0, 0.1) is 5.92 Å². The van der Waals surface area contributed by atoms with Crippen LogP contribution in [0.4, 0.5) is 5.82 Å². The zero-order valence-corrected chi connectivity index (χ0v) is 12.9. The first kappa shape index (κ1) is 15.3. The molecule has 0 aliphatic carbocycles. The summed E-state index contributed by atoms with van der Waals surface area (Å²) in [5.41, 5.74) is 1.12. The third-order valence-electron chi connectivity index (χ3n) is 3.73. The number of rotatable bonds is 6. The molecule has 0 bridgehead atoms. The number of nitrogens with one attached hydrogen (secondary N) is 1. The fourth-order valence-electron chi connectivity index (χ4n) is 2.70. The van der Waals surface area contributed by atoms with Crippen molar-refractivity contribution < 1.29 is 4.74 Å². The van der Waals surface area contributed by atoms with Crippen molar-refractivity contribution in [3.05, 3.63) is 23.9 Å². The lowest BCUT2D eigenvalue weighted by Gasteiger charge is -2.33. The molecule has 112 valence electrons. The van der Waals surface area contributed by atoms with Gasteiger partial charge in [0, 0.05) is 32.8 Å². The molecule has 0 saturated carbocycles. The van der Waals surface area contributed by atoms with E-state index in [4.69, 9.17) is 9.72 Å². The number of aromatic nitrogens is 1. The molecule has 1 atom stereocenters. The van der Waals surface area contributed by atoms with Crippen LogP contribution < -0.4 is 10.2 Å². The van der Waals surface area contributed by atoms with Crippen LogP contribution in [0.2, 0.25) is 0 Å². The molecule has 1 N–H and O–H groups in total. The van der Waals surface area contributed by atoms with E-state index in [9.17, 15) is 0 Å². The van der Waals surface area contributed by atoms with Crippen molar-refractivity contribution >= 4 is 5.82 Å². The van der Waals surface area contributed by atoms with Crippen LogP contribution in [-0.4, -0.2) is 37.8 Å². The van der Waals surface area contributed by atoms with Gasteiger partial charge in [-0.1, -0.05) is 19.9 Å². The first-order valence-corrected chi connectivity index (χ1v) is 7.62. The van der Waals surface area contributed by atoms with E-state index < -0.39 is 0 Å². The lowest BCUT2D eigenvalue weighted by molar-refractivity contribution is 0.143. The lowest BCUT2D eigenvalue weighted by Crippen LogP contribution is -2.37. The second-order valence-electron chi connectivity index (χ2n) is 5.93. The quantitative estimate of drug-likeness (QED) is 0.866. The Morgan fingerprint density at radius 3 is 3.05 bits per heavy atom. The number of nitrogens with zero attached hydrogens (tertiary/aromatic N) is 2. The molecule has 0 spiro atoms. The summed E-state index contributed by atoms with van der Waals surface area (Å²) in [6.07, 6.45) is 2.49. The Balaban J connectivity index is 1.98. The van der Waals surface area contributed by atoms with E-state index in [2.05, 4.69) is 42.3 Å². The van der Waals surface area contributed by atoms with Gasteiger partial charge in [0.1, 0.15) is 5.82 Å². The van der Waals surface area contributed by atoms with Gasteiger partial charge in [-0.2, -0.15) is 0 Å². The Kier molecular flexibility index (Phi) is 5.80. The third kappa shape index (κ3) is 4.46. The van der Waals surface area contributed by atoms with Crippen LogP contribution >= 0.6 is 0 Å². The smallest absolute Gasteiger partial charge is 0.128 e. The first-order chi connectivity index (χ1) is 9.69. The highest BCUT2D eigenvalue weighted by molar-refractivity contribution is 5.39. The molecule has 1 saturated heterocycles. The Hall–Kier alpha value is -1.13. The predicted molar refractivity (Wildman–Crippen MR) is 83.0 cm³/mol. The SMILES string of the molecule is COCC1CCCN(c2cccc(CNC(C)C)n2)C1. The maximum Gasteiger partial charge on any atom is 0.128 e. The van der Waals surface area contributed by atoms with Crippen LogP contribution in [0.25, 0.3) is 0 Å². The van der Waals surface area contributed by atoms with Crippen molar-refractivity contribution in [2.24, 2.45) is 5.92 Å². The Morgan fingerprint density at radius 2 is 2.30 bits per heavy atom. The van der Waals surface area contributed by atoms with E-state index in [1.54, 1.807) is 7.11 Å². The molecule has 1 aliphatic heterocycles.